The van der Waals surface area contributed by atoms with Crippen LogP contribution in [0.4, 0.5) is 10.2 Å². The highest BCUT2D eigenvalue weighted by molar-refractivity contribution is 5.76. The number of unbranched alkanes of at least 4 members (excludes halogenated alkanes) is 1. The van der Waals surface area contributed by atoms with Crippen LogP contribution in [0.1, 0.15) is 91.8 Å². The van der Waals surface area contributed by atoms with Crippen LogP contribution in [0.2, 0.25) is 0 Å². The molecule has 3 aliphatic heterocycles. The fourth-order valence-electron chi connectivity index (χ4n) is 7.38. The van der Waals surface area contributed by atoms with Crippen molar-refractivity contribution in [1.82, 2.24) is 9.88 Å². The number of nitrogens with one attached hydrogen (secondary N) is 1. The normalized spacial score (nSPS) is 23.9. The molecule has 3 atom stereocenters. The molecular weight excluding hydrogens is 521 g/mol. The second kappa shape index (κ2) is 13.2. The van der Waals surface area contributed by atoms with Gasteiger partial charge in [-0.1, -0.05) is 25.3 Å². The third-order valence-electron chi connectivity index (χ3n) is 9.58. The number of benzene rings is 1. The minimum Gasteiger partial charge on any atom is -0.480 e. The largest absolute Gasteiger partial charge is 0.480 e. The Morgan fingerprint density at radius 3 is 2.88 bits per heavy atom. The average molecular weight is 566 g/mol. The molecule has 222 valence electrons. The van der Waals surface area contributed by atoms with E-state index in [4.69, 9.17) is 14.5 Å². The Balaban J connectivity index is 1.04. The summed E-state index contributed by atoms with van der Waals surface area (Å²) in [4.78, 5) is 19.4. The Labute approximate surface area is 242 Å². The Kier molecular flexibility index (Phi) is 9.18. The topological polar surface area (TPSA) is 83.9 Å². The zero-order valence-electron chi connectivity index (χ0n) is 24.1. The highest BCUT2D eigenvalue weighted by atomic mass is 19.1. The number of hydrogen-bond donors (Lipinski definition) is 2. The molecule has 41 heavy (non-hydrogen) atoms. The molecule has 2 N–H and O–H groups in total. The fourth-order valence-corrected chi connectivity index (χ4v) is 7.38. The highest BCUT2D eigenvalue weighted by Gasteiger charge is 2.38. The van der Waals surface area contributed by atoms with Crippen LogP contribution in [0, 0.1) is 11.7 Å². The van der Waals surface area contributed by atoms with E-state index in [1.54, 1.807) is 0 Å². The summed E-state index contributed by atoms with van der Waals surface area (Å²) in [5.74, 6) is 0.232. The smallest absolute Gasteiger partial charge is 0.325 e. The molecular formula is C33H44FN3O4. The Bertz CT molecular complexity index is 1220. The Morgan fingerprint density at radius 1 is 1.15 bits per heavy atom. The van der Waals surface area contributed by atoms with Crippen LogP contribution in [0.5, 0.6) is 0 Å². The van der Waals surface area contributed by atoms with Gasteiger partial charge in [0.2, 0.25) is 0 Å². The first kappa shape index (κ1) is 28.6. The van der Waals surface area contributed by atoms with E-state index in [1.807, 2.05) is 4.90 Å². The van der Waals surface area contributed by atoms with Crippen molar-refractivity contribution in [2.75, 3.05) is 31.6 Å². The number of pyridine rings is 1. The SMILES string of the molecule is O=C(O)[C@H](c1cc(F)cc2c1C[C@H](C1CCCCC1)OC2)N1CC[C@@H](OCCCCc2ccc3c(n2)NCCC3)C1. The van der Waals surface area contributed by atoms with Gasteiger partial charge in [0, 0.05) is 31.9 Å². The van der Waals surface area contributed by atoms with Crippen molar-refractivity contribution >= 4 is 11.8 Å². The maximum atomic E-state index is 14.7. The Morgan fingerprint density at radius 2 is 2.02 bits per heavy atom. The van der Waals surface area contributed by atoms with Gasteiger partial charge in [0.25, 0.3) is 0 Å². The summed E-state index contributed by atoms with van der Waals surface area (Å²) in [6.07, 6.45) is 12.7. The van der Waals surface area contributed by atoms with Crippen LogP contribution in [-0.4, -0.2) is 59.4 Å². The lowest BCUT2D eigenvalue weighted by Gasteiger charge is -2.36. The van der Waals surface area contributed by atoms with Crippen LogP contribution in [0.25, 0.3) is 0 Å². The third kappa shape index (κ3) is 6.76. The van der Waals surface area contributed by atoms with Gasteiger partial charge < -0.3 is 19.9 Å². The molecule has 0 radical (unpaired) electrons. The number of nitrogens with zero attached hydrogens (tertiary/aromatic N) is 2. The van der Waals surface area contributed by atoms with Crippen molar-refractivity contribution in [2.24, 2.45) is 5.92 Å². The van der Waals surface area contributed by atoms with Crippen LogP contribution in [0.3, 0.4) is 0 Å². The summed E-state index contributed by atoms with van der Waals surface area (Å²) in [5.41, 5.74) is 4.81. The number of rotatable bonds is 10. The van der Waals surface area contributed by atoms with Crippen molar-refractivity contribution in [3.8, 4) is 0 Å². The molecule has 1 saturated carbocycles. The van der Waals surface area contributed by atoms with E-state index in [1.165, 1.54) is 37.0 Å². The zero-order valence-corrected chi connectivity index (χ0v) is 24.1. The molecule has 1 aromatic carbocycles. The van der Waals surface area contributed by atoms with Crippen molar-refractivity contribution in [2.45, 2.75) is 102 Å². The van der Waals surface area contributed by atoms with Gasteiger partial charge in [-0.05, 0) is 104 Å². The lowest BCUT2D eigenvalue weighted by molar-refractivity contribution is -0.143. The first-order valence-electron chi connectivity index (χ1n) is 15.8. The number of anilines is 1. The maximum Gasteiger partial charge on any atom is 0.325 e. The van der Waals surface area contributed by atoms with Gasteiger partial charge >= 0.3 is 5.97 Å². The second-order valence-corrected chi connectivity index (χ2v) is 12.4. The van der Waals surface area contributed by atoms with Gasteiger partial charge in [0.05, 0.1) is 18.8 Å². The second-order valence-electron chi connectivity index (χ2n) is 12.4. The van der Waals surface area contributed by atoms with Gasteiger partial charge in [-0.2, -0.15) is 0 Å². The molecule has 0 amide bonds. The van der Waals surface area contributed by atoms with Crippen LogP contribution >= 0.6 is 0 Å². The summed E-state index contributed by atoms with van der Waals surface area (Å²) in [6.45, 7) is 3.17. The van der Waals surface area contributed by atoms with Gasteiger partial charge in [-0.25, -0.2) is 9.37 Å². The fraction of sp³-hybridized carbons (Fsp3) is 0.636. The zero-order chi connectivity index (χ0) is 28.2. The predicted molar refractivity (Wildman–Crippen MR) is 156 cm³/mol. The summed E-state index contributed by atoms with van der Waals surface area (Å²) in [6, 6.07) is 6.45. The number of aromatic nitrogens is 1. The quantitative estimate of drug-likeness (QED) is 0.350. The van der Waals surface area contributed by atoms with E-state index in [-0.39, 0.29) is 18.0 Å². The third-order valence-corrected chi connectivity index (χ3v) is 9.58. The number of carbonyl (C=O) groups is 1. The number of carboxylic acids is 1. The van der Waals surface area contributed by atoms with Gasteiger partial charge in [-0.15, -0.1) is 0 Å². The van der Waals surface area contributed by atoms with Crippen LogP contribution < -0.4 is 5.32 Å². The molecule has 0 spiro atoms. The maximum absolute atomic E-state index is 14.7. The first-order chi connectivity index (χ1) is 20.0. The van der Waals surface area contributed by atoms with Crippen molar-refractivity contribution < 1.29 is 23.8 Å². The molecule has 4 heterocycles. The molecule has 0 bridgehead atoms. The lowest BCUT2D eigenvalue weighted by Crippen LogP contribution is -2.37. The number of hydrogen-bond acceptors (Lipinski definition) is 6. The van der Waals surface area contributed by atoms with Crippen molar-refractivity contribution in [3.05, 3.63) is 58.0 Å². The average Bonchev–Trinajstić information content (AvgIpc) is 3.45. The van der Waals surface area contributed by atoms with Crippen molar-refractivity contribution in [3.63, 3.8) is 0 Å². The summed E-state index contributed by atoms with van der Waals surface area (Å²) in [5, 5.41) is 13.8. The molecule has 1 aromatic heterocycles. The van der Waals surface area contributed by atoms with E-state index < -0.39 is 12.0 Å². The molecule has 7 nitrogen and oxygen atoms in total. The minimum atomic E-state index is -0.925. The van der Waals surface area contributed by atoms with Gasteiger partial charge in [-0.3, -0.25) is 9.69 Å². The number of aliphatic carboxylic acids is 1. The first-order valence-corrected chi connectivity index (χ1v) is 15.8. The number of likely N-dealkylation sites (tertiary alicyclic amines) is 1. The van der Waals surface area contributed by atoms with E-state index in [0.29, 0.717) is 44.2 Å². The standard InChI is InChI=1S/C33H44FN3O4/c34-25-17-24-21-41-30(22-7-2-1-3-8-22)19-28(24)29(18-25)31(33(38)39)37-15-13-27(20-37)40-16-5-4-10-26-12-11-23-9-6-14-35-32(23)36-26/h11-12,17-18,22,27,30-31H,1-10,13-16,19-21H2,(H,35,36)(H,38,39)/t27-,30-,31+/m1/s1. The van der Waals surface area contributed by atoms with E-state index in [0.717, 1.165) is 80.6 Å². The molecule has 0 unspecified atom stereocenters. The molecule has 8 heteroatoms. The van der Waals surface area contributed by atoms with E-state index in [2.05, 4.69) is 17.4 Å². The molecule has 6 rings (SSSR count). The number of ether oxygens (including phenoxy) is 2. The monoisotopic (exact) mass is 565 g/mol. The highest BCUT2D eigenvalue weighted by Crippen LogP contribution is 2.38. The van der Waals surface area contributed by atoms with Crippen LogP contribution in [-0.2, 0) is 40.1 Å². The number of aryl methyl sites for hydroxylation is 2. The van der Waals surface area contributed by atoms with Gasteiger partial charge in [0.1, 0.15) is 17.7 Å². The lowest BCUT2D eigenvalue weighted by atomic mass is 9.80. The van der Waals surface area contributed by atoms with E-state index >= 15 is 0 Å². The summed E-state index contributed by atoms with van der Waals surface area (Å²) >= 11 is 0. The summed E-state index contributed by atoms with van der Waals surface area (Å²) in [7, 11) is 0. The molecule has 4 aliphatic rings. The van der Waals surface area contributed by atoms with Gasteiger partial charge in [0.15, 0.2) is 0 Å². The number of halogens is 1. The molecule has 2 aromatic rings. The molecule has 1 aliphatic carbocycles. The molecule has 2 fully saturated rings. The van der Waals surface area contributed by atoms with E-state index in [9.17, 15) is 14.3 Å². The predicted octanol–water partition coefficient (Wildman–Crippen LogP) is 5.84. The summed E-state index contributed by atoms with van der Waals surface area (Å²) < 4.78 is 27.1. The van der Waals surface area contributed by atoms with Crippen molar-refractivity contribution in [1.29, 1.82) is 0 Å². The number of carboxylic acid groups (broad SMARTS) is 1. The molecule has 1 saturated heterocycles. The number of fused-ring (bicyclic) bond motifs is 2. The van der Waals surface area contributed by atoms with Crippen LogP contribution in [0.15, 0.2) is 24.3 Å². The minimum absolute atomic E-state index is 0.00868. The Hall–Kier alpha value is -2.55.